The highest BCUT2D eigenvalue weighted by Crippen LogP contribution is 2.24. The number of hydrogen-bond donors (Lipinski definition) is 2. The molecular formula is C16H11N3O3. The molecule has 1 atom stereocenters. The second-order valence-electron chi connectivity index (χ2n) is 5.10. The maximum absolute atomic E-state index is 12.7. The maximum atomic E-state index is 12.7. The van der Waals surface area contributed by atoms with E-state index in [1.54, 1.807) is 36.4 Å². The van der Waals surface area contributed by atoms with Crippen LogP contribution in [0, 0.1) is 0 Å². The molecule has 22 heavy (non-hydrogen) atoms. The Morgan fingerprint density at radius 3 is 2.73 bits per heavy atom. The van der Waals surface area contributed by atoms with Gasteiger partial charge in [-0.15, -0.1) is 0 Å². The normalized spacial score (nSPS) is 16.5. The van der Waals surface area contributed by atoms with Crippen molar-refractivity contribution in [3.05, 3.63) is 70.3 Å². The summed E-state index contributed by atoms with van der Waals surface area (Å²) in [5.74, 6) is -0.254. The number of aromatic hydroxyl groups is 1. The lowest BCUT2D eigenvalue weighted by Crippen LogP contribution is -2.28. The Labute approximate surface area is 124 Å². The minimum Gasteiger partial charge on any atom is -0.508 e. The fourth-order valence-corrected chi connectivity index (χ4v) is 2.73. The van der Waals surface area contributed by atoms with Gasteiger partial charge in [0.2, 0.25) is 5.82 Å². The zero-order valence-electron chi connectivity index (χ0n) is 11.4. The van der Waals surface area contributed by atoms with Crippen molar-refractivity contribution in [2.75, 3.05) is 0 Å². The summed E-state index contributed by atoms with van der Waals surface area (Å²) >= 11 is 0. The molecule has 0 aliphatic carbocycles. The number of benzene rings is 2. The van der Waals surface area contributed by atoms with E-state index in [0.29, 0.717) is 16.5 Å². The minimum atomic E-state index is -0.667. The third-order valence-electron chi connectivity index (χ3n) is 3.72. The van der Waals surface area contributed by atoms with Crippen LogP contribution in [0.2, 0.25) is 0 Å². The van der Waals surface area contributed by atoms with Crippen molar-refractivity contribution in [1.29, 1.82) is 0 Å². The van der Waals surface area contributed by atoms with Crippen LogP contribution in [-0.4, -0.2) is 20.6 Å². The third kappa shape index (κ3) is 1.70. The first-order valence-electron chi connectivity index (χ1n) is 6.76. The van der Waals surface area contributed by atoms with Crippen LogP contribution in [0.3, 0.4) is 0 Å². The highest BCUT2D eigenvalue weighted by atomic mass is 16.3. The summed E-state index contributed by atoms with van der Waals surface area (Å²) in [6.45, 7) is 0. The third-order valence-corrected chi connectivity index (χ3v) is 3.72. The Balaban J connectivity index is 2.01. The molecule has 1 aliphatic rings. The second-order valence-corrected chi connectivity index (χ2v) is 5.10. The summed E-state index contributed by atoms with van der Waals surface area (Å²) < 4.78 is 1.33. The fourth-order valence-electron chi connectivity index (χ4n) is 2.73. The van der Waals surface area contributed by atoms with Crippen LogP contribution in [0.15, 0.2) is 53.3 Å². The van der Waals surface area contributed by atoms with Gasteiger partial charge in [0.05, 0.1) is 10.9 Å². The van der Waals surface area contributed by atoms with E-state index in [4.69, 9.17) is 0 Å². The zero-order chi connectivity index (χ0) is 15.3. The number of carbonyl (C=O) groups is 1. The molecule has 0 saturated heterocycles. The molecule has 3 aromatic rings. The van der Waals surface area contributed by atoms with E-state index in [1.807, 2.05) is 0 Å². The van der Waals surface area contributed by atoms with Crippen molar-refractivity contribution in [2.45, 2.75) is 6.17 Å². The van der Waals surface area contributed by atoms with Crippen LogP contribution in [0.4, 0.5) is 0 Å². The lowest BCUT2D eigenvalue weighted by Gasteiger charge is -2.14. The van der Waals surface area contributed by atoms with Crippen molar-refractivity contribution in [3.8, 4) is 5.75 Å². The molecule has 0 radical (unpaired) electrons. The molecule has 0 saturated carbocycles. The van der Waals surface area contributed by atoms with Gasteiger partial charge < -0.3 is 10.4 Å². The number of phenols is 1. The van der Waals surface area contributed by atoms with Crippen molar-refractivity contribution < 1.29 is 9.90 Å². The number of para-hydroxylation sites is 1. The monoisotopic (exact) mass is 293 g/mol. The van der Waals surface area contributed by atoms with Gasteiger partial charge >= 0.3 is 0 Å². The summed E-state index contributed by atoms with van der Waals surface area (Å²) in [5, 5.41) is 12.8. The topological polar surface area (TPSA) is 84.2 Å². The molecule has 6 nitrogen and oxygen atoms in total. The zero-order valence-corrected chi connectivity index (χ0v) is 11.4. The molecule has 1 amide bonds. The van der Waals surface area contributed by atoms with Crippen LogP contribution in [0.1, 0.15) is 22.3 Å². The number of rotatable bonds is 1. The van der Waals surface area contributed by atoms with Gasteiger partial charge in [0, 0.05) is 0 Å². The average Bonchev–Trinajstić information content (AvgIpc) is 2.85. The number of amides is 1. The molecule has 4 rings (SSSR count). The van der Waals surface area contributed by atoms with E-state index in [-0.39, 0.29) is 17.1 Å². The molecule has 6 heteroatoms. The first-order valence-corrected chi connectivity index (χ1v) is 6.76. The van der Waals surface area contributed by atoms with Crippen LogP contribution in [0.5, 0.6) is 5.75 Å². The van der Waals surface area contributed by atoms with Crippen molar-refractivity contribution in [2.24, 2.45) is 0 Å². The number of fused-ring (bicyclic) bond motifs is 2. The van der Waals surface area contributed by atoms with Gasteiger partial charge in [0.25, 0.3) is 11.5 Å². The Bertz CT molecular complexity index is 978. The molecule has 2 aromatic carbocycles. The molecule has 108 valence electrons. The Morgan fingerprint density at radius 1 is 1.09 bits per heavy atom. The van der Waals surface area contributed by atoms with Crippen molar-refractivity contribution in [3.63, 3.8) is 0 Å². The van der Waals surface area contributed by atoms with Crippen molar-refractivity contribution in [1.82, 2.24) is 14.9 Å². The molecule has 0 fully saturated rings. The quantitative estimate of drug-likeness (QED) is 0.710. The summed E-state index contributed by atoms with van der Waals surface area (Å²) in [6.07, 6.45) is -0.667. The number of nitrogens with zero attached hydrogens (tertiary/aromatic N) is 2. The van der Waals surface area contributed by atoms with Gasteiger partial charge in [-0.2, -0.15) is 0 Å². The van der Waals surface area contributed by atoms with Gasteiger partial charge in [-0.3, -0.25) is 14.2 Å². The highest BCUT2D eigenvalue weighted by molar-refractivity contribution is 5.95. The number of phenolic OH excluding ortho intramolecular Hbond substituents is 1. The smallest absolute Gasteiger partial charge is 0.289 e. The average molecular weight is 293 g/mol. The maximum Gasteiger partial charge on any atom is 0.289 e. The SMILES string of the molecule is O=C1N[C@H](c2cccc(O)c2)n2c1nc1ccccc1c2=O. The molecule has 2 N–H and O–H groups in total. The number of nitrogens with one attached hydrogen (secondary N) is 1. The standard InChI is InChI=1S/C16H11N3O3/c20-10-5-3-4-9(8-10)13-18-15(21)14-17-12-7-2-1-6-11(12)16(22)19(13)14/h1-8,13,20H,(H,18,21)/t13-/m0/s1. The number of carbonyl (C=O) groups excluding carboxylic acids is 1. The van der Waals surface area contributed by atoms with Crippen LogP contribution in [-0.2, 0) is 0 Å². The minimum absolute atomic E-state index is 0.0713. The van der Waals surface area contributed by atoms with Crippen molar-refractivity contribution >= 4 is 16.8 Å². The number of hydrogen-bond acceptors (Lipinski definition) is 4. The highest BCUT2D eigenvalue weighted by Gasteiger charge is 2.32. The Morgan fingerprint density at radius 2 is 1.91 bits per heavy atom. The first kappa shape index (κ1) is 12.6. The Hall–Kier alpha value is -3.15. The second kappa shape index (κ2) is 4.42. The first-order chi connectivity index (χ1) is 10.6. The molecule has 0 spiro atoms. The molecule has 1 aliphatic heterocycles. The summed E-state index contributed by atoms with van der Waals surface area (Å²) in [7, 11) is 0. The summed E-state index contributed by atoms with van der Waals surface area (Å²) in [5.41, 5.74) is 0.823. The molecular weight excluding hydrogens is 282 g/mol. The molecule has 1 aromatic heterocycles. The van der Waals surface area contributed by atoms with Crippen LogP contribution in [0.25, 0.3) is 10.9 Å². The largest absolute Gasteiger partial charge is 0.508 e. The van der Waals surface area contributed by atoms with Crippen LogP contribution < -0.4 is 10.9 Å². The molecule has 0 unspecified atom stereocenters. The van der Waals surface area contributed by atoms with Gasteiger partial charge in [-0.1, -0.05) is 24.3 Å². The van der Waals surface area contributed by atoms with Gasteiger partial charge in [0.15, 0.2) is 0 Å². The Kier molecular flexibility index (Phi) is 2.53. The number of aromatic nitrogens is 2. The molecule has 0 bridgehead atoms. The predicted octanol–water partition coefficient (Wildman–Crippen LogP) is 1.39. The van der Waals surface area contributed by atoms with E-state index in [2.05, 4.69) is 10.3 Å². The lowest BCUT2D eigenvalue weighted by molar-refractivity contribution is 0.0956. The summed E-state index contributed by atoms with van der Waals surface area (Å²) in [6, 6.07) is 13.4. The van der Waals surface area contributed by atoms with E-state index >= 15 is 0 Å². The fraction of sp³-hybridized carbons (Fsp3) is 0.0625. The summed E-state index contributed by atoms with van der Waals surface area (Å²) in [4.78, 5) is 29.1. The van der Waals surface area contributed by atoms with E-state index in [1.165, 1.54) is 16.7 Å². The van der Waals surface area contributed by atoms with E-state index < -0.39 is 12.1 Å². The van der Waals surface area contributed by atoms with E-state index in [9.17, 15) is 14.7 Å². The van der Waals surface area contributed by atoms with Gasteiger partial charge in [-0.25, -0.2) is 4.98 Å². The lowest BCUT2D eigenvalue weighted by atomic mass is 10.1. The van der Waals surface area contributed by atoms with Gasteiger partial charge in [0.1, 0.15) is 11.9 Å². The molecule has 2 heterocycles. The van der Waals surface area contributed by atoms with Gasteiger partial charge in [-0.05, 0) is 29.8 Å². The van der Waals surface area contributed by atoms with Crippen LogP contribution >= 0.6 is 0 Å². The van der Waals surface area contributed by atoms with E-state index in [0.717, 1.165) is 0 Å². The predicted molar refractivity (Wildman–Crippen MR) is 79.7 cm³/mol.